The molecule has 0 fully saturated rings. The minimum atomic E-state index is 0.340. The predicted molar refractivity (Wildman–Crippen MR) is 61.8 cm³/mol. The molecule has 1 aromatic heterocycles. The summed E-state index contributed by atoms with van der Waals surface area (Å²) in [4.78, 5) is 7.95. The van der Waals surface area contributed by atoms with Crippen LogP contribution in [0.5, 0.6) is 0 Å². The zero-order valence-corrected chi connectivity index (χ0v) is 9.13. The highest BCUT2D eigenvalue weighted by atomic mass is 35.5. The summed E-state index contributed by atoms with van der Waals surface area (Å²) in [5.41, 5.74) is 0.774. The van der Waals surface area contributed by atoms with Crippen LogP contribution in [0.1, 0.15) is 0 Å². The molecular weight excluding hydrogens is 233 g/mol. The van der Waals surface area contributed by atoms with Gasteiger partial charge in [0.2, 0.25) is 0 Å². The van der Waals surface area contributed by atoms with Crippen molar-refractivity contribution in [1.29, 1.82) is 0 Å². The third kappa shape index (κ3) is 2.58. The van der Waals surface area contributed by atoms with Gasteiger partial charge in [0.25, 0.3) is 0 Å². The molecule has 76 valence electrons. The minimum Gasteiger partial charge on any atom is -0.338 e. The first-order valence-corrected chi connectivity index (χ1v) is 5.00. The number of nitrogens with one attached hydrogen (secondary N) is 1. The van der Waals surface area contributed by atoms with Gasteiger partial charge in [-0.2, -0.15) is 0 Å². The number of para-hydroxylation sites is 1. The average molecular weight is 240 g/mol. The van der Waals surface area contributed by atoms with E-state index in [1.807, 2.05) is 18.2 Å². The summed E-state index contributed by atoms with van der Waals surface area (Å²) in [5.74, 6) is 0.565. The molecule has 0 amide bonds. The highest BCUT2D eigenvalue weighted by Crippen LogP contribution is 2.23. The van der Waals surface area contributed by atoms with E-state index in [9.17, 15) is 0 Å². The van der Waals surface area contributed by atoms with Crippen molar-refractivity contribution in [2.75, 3.05) is 5.32 Å². The Morgan fingerprint density at radius 3 is 2.60 bits per heavy atom. The number of anilines is 2. The van der Waals surface area contributed by atoms with Crippen LogP contribution in [-0.2, 0) is 0 Å². The summed E-state index contributed by atoms with van der Waals surface area (Å²) in [7, 11) is 0. The average Bonchev–Trinajstić information content (AvgIpc) is 2.22. The fourth-order valence-corrected chi connectivity index (χ4v) is 1.43. The second kappa shape index (κ2) is 4.47. The summed E-state index contributed by atoms with van der Waals surface area (Å²) in [6, 6.07) is 7.39. The van der Waals surface area contributed by atoms with Crippen molar-refractivity contribution in [2.45, 2.75) is 0 Å². The van der Waals surface area contributed by atoms with Crippen molar-refractivity contribution < 1.29 is 0 Å². The molecule has 2 aromatic rings. The zero-order chi connectivity index (χ0) is 10.7. The Morgan fingerprint density at radius 2 is 1.87 bits per heavy atom. The molecule has 1 aromatic carbocycles. The number of benzene rings is 1. The Kier molecular flexibility index (Phi) is 3.04. The number of aromatic nitrogens is 2. The second-order valence-corrected chi connectivity index (χ2v) is 3.63. The molecule has 0 radical (unpaired) electrons. The lowest BCUT2D eigenvalue weighted by atomic mass is 10.3. The first-order valence-electron chi connectivity index (χ1n) is 4.25. The van der Waals surface area contributed by atoms with Crippen LogP contribution in [0.15, 0.2) is 36.7 Å². The maximum atomic E-state index is 5.97. The Labute approximate surface area is 97.1 Å². The van der Waals surface area contributed by atoms with Crippen LogP contribution in [0.3, 0.4) is 0 Å². The van der Waals surface area contributed by atoms with Gasteiger partial charge in [-0.3, -0.25) is 4.98 Å². The van der Waals surface area contributed by atoms with Gasteiger partial charge in [0, 0.05) is 0 Å². The van der Waals surface area contributed by atoms with Gasteiger partial charge in [-0.05, 0) is 12.1 Å². The third-order valence-corrected chi connectivity index (χ3v) is 2.25. The normalized spacial score (nSPS) is 10.0. The molecular formula is C10H7Cl2N3. The van der Waals surface area contributed by atoms with E-state index in [-0.39, 0.29) is 0 Å². The van der Waals surface area contributed by atoms with Crippen LogP contribution in [0.2, 0.25) is 10.2 Å². The zero-order valence-electron chi connectivity index (χ0n) is 7.61. The van der Waals surface area contributed by atoms with E-state index in [2.05, 4.69) is 15.3 Å². The third-order valence-electron chi connectivity index (χ3n) is 1.74. The summed E-state index contributed by atoms with van der Waals surface area (Å²) < 4.78 is 0. The topological polar surface area (TPSA) is 37.8 Å². The number of hydrogen-bond donors (Lipinski definition) is 1. The van der Waals surface area contributed by atoms with E-state index in [0.717, 1.165) is 5.69 Å². The summed E-state index contributed by atoms with van der Waals surface area (Å²) >= 11 is 11.7. The van der Waals surface area contributed by atoms with E-state index in [0.29, 0.717) is 16.0 Å². The number of halogens is 2. The van der Waals surface area contributed by atoms with Crippen LogP contribution in [-0.4, -0.2) is 9.97 Å². The number of rotatable bonds is 2. The van der Waals surface area contributed by atoms with Crippen molar-refractivity contribution in [3.8, 4) is 0 Å². The molecule has 0 aliphatic rings. The van der Waals surface area contributed by atoms with Gasteiger partial charge >= 0.3 is 0 Å². The molecule has 0 spiro atoms. The van der Waals surface area contributed by atoms with Gasteiger partial charge in [-0.1, -0.05) is 35.3 Å². The number of nitrogens with zero attached hydrogens (tertiary/aromatic N) is 2. The quantitative estimate of drug-likeness (QED) is 0.872. The Bertz CT molecular complexity index is 474. The molecule has 0 saturated heterocycles. The van der Waals surface area contributed by atoms with Gasteiger partial charge in [0.05, 0.1) is 23.1 Å². The lowest BCUT2D eigenvalue weighted by Gasteiger charge is -2.06. The van der Waals surface area contributed by atoms with E-state index >= 15 is 0 Å². The van der Waals surface area contributed by atoms with Gasteiger partial charge in [-0.25, -0.2) is 4.98 Å². The molecule has 1 heterocycles. The lowest BCUT2D eigenvalue weighted by Crippen LogP contribution is -1.94. The summed E-state index contributed by atoms with van der Waals surface area (Å²) in [6.45, 7) is 0. The highest BCUT2D eigenvalue weighted by Gasteiger charge is 2.00. The van der Waals surface area contributed by atoms with Gasteiger partial charge in [0.15, 0.2) is 5.82 Å². The Hall–Kier alpha value is -1.32. The van der Waals surface area contributed by atoms with E-state index in [4.69, 9.17) is 23.2 Å². The molecule has 0 bridgehead atoms. The van der Waals surface area contributed by atoms with Crippen LogP contribution < -0.4 is 5.32 Å². The molecule has 0 atom stereocenters. The fourth-order valence-electron chi connectivity index (χ4n) is 1.10. The molecule has 5 heteroatoms. The molecule has 0 unspecified atom stereocenters. The van der Waals surface area contributed by atoms with Crippen LogP contribution >= 0.6 is 23.2 Å². The van der Waals surface area contributed by atoms with Crippen LogP contribution in [0.25, 0.3) is 0 Å². The van der Waals surface area contributed by atoms with Crippen molar-refractivity contribution in [3.05, 3.63) is 46.8 Å². The summed E-state index contributed by atoms with van der Waals surface area (Å²) in [5, 5.41) is 3.99. The van der Waals surface area contributed by atoms with Crippen LogP contribution in [0.4, 0.5) is 11.5 Å². The van der Waals surface area contributed by atoms with E-state index in [1.54, 1.807) is 12.3 Å². The molecule has 3 nitrogen and oxygen atoms in total. The van der Waals surface area contributed by atoms with Crippen LogP contribution in [0, 0.1) is 0 Å². The first-order chi connectivity index (χ1) is 7.25. The van der Waals surface area contributed by atoms with Crippen molar-refractivity contribution in [1.82, 2.24) is 9.97 Å². The fraction of sp³-hybridized carbons (Fsp3) is 0. The highest BCUT2D eigenvalue weighted by molar-refractivity contribution is 6.33. The molecule has 0 aliphatic heterocycles. The standard InChI is InChI=1S/C10H7Cl2N3/c11-7-3-1-2-4-8(7)14-10-6-13-5-9(12)15-10/h1-6H,(H,14,15). The van der Waals surface area contributed by atoms with E-state index in [1.165, 1.54) is 6.20 Å². The van der Waals surface area contributed by atoms with Gasteiger partial charge in [-0.15, -0.1) is 0 Å². The Morgan fingerprint density at radius 1 is 1.07 bits per heavy atom. The predicted octanol–water partition coefficient (Wildman–Crippen LogP) is 3.53. The molecule has 2 rings (SSSR count). The van der Waals surface area contributed by atoms with Crippen molar-refractivity contribution in [3.63, 3.8) is 0 Å². The Balaban J connectivity index is 2.26. The monoisotopic (exact) mass is 239 g/mol. The minimum absolute atomic E-state index is 0.340. The van der Waals surface area contributed by atoms with E-state index < -0.39 is 0 Å². The maximum Gasteiger partial charge on any atom is 0.150 e. The van der Waals surface area contributed by atoms with Gasteiger partial charge in [0.1, 0.15) is 5.15 Å². The second-order valence-electron chi connectivity index (χ2n) is 2.83. The molecule has 0 saturated carbocycles. The first kappa shape index (κ1) is 10.2. The molecule has 15 heavy (non-hydrogen) atoms. The van der Waals surface area contributed by atoms with Crippen molar-refractivity contribution in [2.24, 2.45) is 0 Å². The largest absolute Gasteiger partial charge is 0.338 e. The van der Waals surface area contributed by atoms with Gasteiger partial charge < -0.3 is 5.32 Å². The molecule has 1 N–H and O–H groups in total. The SMILES string of the molecule is Clc1cncc(Nc2ccccc2Cl)n1. The smallest absolute Gasteiger partial charge is 0.150 e. The summed E-state index contributed by atoms with van der Waals surface area (Å²) in [6.07, 6.45) is 3.05. The maximum absolute atomic E-state index is 5.97. The number of hydrogen-bond acceptors (Lipinski definition) is 3. The van der Waals surface area contributed by atoms with Crippen molar-refractivity contribution >= 4 is 34.7 Å². The molecule has 0 aliphatic carbocycles. The lowest BCUT2D eigenvalue weighted by molar-refractivity contribution is 1.20.